The summed E-state index contributed by atoms with van der Waals surface area (Å²) in [6.07, 6.45) is 3.26. The zero-order valence-corrected chi connectivity index (χ0v) is 17.5. The molecule has 1 atom stereocenters. The number of carbonyl (C=O) groups is 1. The third-order valence-corrected chi connectivity index (χ3v) is 5.07. The van der Waals surface area contributed by atoms with Crippen molar-refractivity contribution in [2.45, 2.75) is 26.4 Å². The number of fused-ring (bicyclic) bond motifs is 1. The number of aromatic nitrogens is 5. The van der Waals surface area contributed by atoms with Gasteiger partial charge < -0.3 is 14.3 Å². The molecule has 0 aliphatic carbocycles. The third-order valence-electron chi connectivity index (χ3n) is 5.07. The molecule has 0 radical (unpaired) electrons. The Morgan fingerprint density at radius 3 is 2.72 bits per heavy atom. The number of carbonyl (C=O) groups excluding carboxylic acids is 1. The van der Waals surface area contributed by atoms with Crippen molar-refractivity contribution in [3.8, 4) is 11.3 Å². The van der Waals surface area contributed by atoms with Crippen LogP contribution in [0.25, 0.3) is 22.3 Å². The van der Waals surface area contributed by atoms with E-state index in [0.717, 1.165) is 11.3 Å². The minimum Gasteiger partial charge on any atom is -0.467 e. The highest BCUT2D eigenvalue weighted by molar-refractivity contribution is 6.06. The van der Waals surface area contributed by atoms with Crippen LogP contribution in [0, 0.1) is 6.92 Å². The Balaban J connectivity index is 1.57. The maximum atomic E-state index is 13.3. The summed E-state index contributed by atoms with van der Waals surface area (Å²) < 4.78 is 12.4. The topological polar surface area (TPSA) is 112 Å². The fraction of sp³-hybridized carbons (Fsp3) is 0.174. The van der Waals surface area contributed by atoms with Crippen LogP contribution < -0.4 is 5.32 Å². The first-order valence-corrected chi connectivity index (χ1v) is 10.1. The van der Waals surface area contributed by atoms with E-state index in [1.54, 1.807) is 37.1 Å². The Kier molecular flexibility index (Phi) is 4.98. The lowest BCUT2D eigenvalue weighted by molar-refractivity contribution is 0.0934. The molecule has 32 heavy (non-hydrogen) atoms. The minimum atomic E-state index is -0.453. The molecular formula is C23H20N6O3. The largest absolute Gasteiger partial charge is 0.467 e. The standard InChI is InChI=1S/C23H20N6O3/c1-14(23-26-15(2)28-32-23)25-22(30)18-11-20(16-7-4-3-5-8-16)27-21-19(18)12-24-29(21)13-17-9-6-10-31-17/h3-12,14H,13H2,1-2H3,(H,25,30). The zero-order chi connectivity index (χ0) is 22.1. The molecule has 0 fully saturated rings. The average molecular weight is 428 g/mol. The van der Waals surface area contributed by atoms with Gasteiger partial charge in [-0.05, 0) is 32.0 Å². The highest BCUT2D eigenvalue weighted by Gasteiger charge is 2.21. The van der Waals surface area contributed by atoms with Crippen LogP contribution in [0.3, 0.4) is 0 Å². The quantitative estimate of drug-likeness (QED) is 0.436. The number of nitrogens with one attached hydrogen (secondary N) is 1. The number of pyridine rings is 1. The molecule has 160 valence electrons. The van der Waals surface area contributed by atoms with Gasteiger partial charge in [-0.25, -0.2) is 9.67 Å². The summed E-state index contributed by atoms with van der Waals surface area (Å²) >= 11 is 0. The van der Waals surface area contributed by atoms with Crippen molar-refractivity contribution in [2.75, 3.05) is 0 Å². The molecule has 1 amide bonds. The van der Waals surface area contributed by atoms with Gasteiger partial charge >= 0.3 is 0 Å². The Hall–Kier alpha value is -4.27. The zero-order valence-electron chi connectivity index (χ0n) is 17.5. The molecule has 9 heteroatoms. The Morgan fingerprint density at radius 1 is 1.16 bits per heavy atom. The number of furan rings is 1. The second-order valence-electron chi connectivity index (χ2n) is 7.41. The SMILES string of the molecule is Cc1noc(C(C)NC(=O)c2cc(-c3ccccc3)nc3c2cnn3Cc2ccco2)n1. The third kappa shape index (κ3) is 3.76. The molecule has 0 spiro atoms. The number of hydrogen-bond acceptors (Lipinski definition) is 7. The van der Waals surface area contributed by atoms with Gasteiger partial charge in [0.1, 0.15) is 18.3 Å². The van der Waals surface area contributed by atoms with E-state index in [1.807, 2.05) is 42.5 Å². The maximum absolute atomic E-state index is 13.3. The fourth-order valence-corrected chi connectivity index (χ4v) is 3.48. The molecule has 4 aromatic heterocycles. The van der Waals surface area contributed by atoms with Crippen LogP contribution in [0.5, 0.6) is 0 Å². The number of rotatable bonds is 6. The fourth-order valence-electron chi connectivity index (χ4n) is 3.48. The van der Waals surface area contributed by atoms with E-state index in [9.17, 15) is 4.79 Å². The van der Waals surface area contributed by atoms with Crippen LogP contribution in [0.2, 0.25) is 0 Å². The lowest BCUT2D eigenvalue weighted by atomic mass is 10.1. The first kappa shape index (κ1) is 19.7. The molecule has 4 heterocycles. The lowest BCUT2D eigenvalue weighted by Gasteiger charge is -2.12. The van der Waals surface area contributed by atoms with E-state index in [1.165, 1.54) is 0 Å². The molecule has 1 N–H and O–H groups in total. The van der Waals surface area contributed by atoms with E-state index in [0.29, 0.717) is 40.6 Å². The van der Waals surface area contributed by atoms with Gasteiger partial charge in [0.05, 0.1) is 29.1 Å². The molecule has 0 aliphatic heterocycles. The molecule has 9 nitrogen and oxygen atoms in total. The lowest BCUT2D eigenvalue weighted by Crippen LogP contribution is -2.27. The highest BCUT2D eigenvalue weighted by Crippen LogP contribution is 2.26. The summed E-state index contributed by atoms with van der Waals surface area (Å²) in [5.41, 5.74) is 2.62. The molecule has 0 saturated carbocycles. The van der Waals surface area contributed by atoms with Crippen molar-refractivity contribution in [2.24, 2.45) is 0 Å². The Bertz CT molecular complexity index is 1370. The van der Waals surface area contributed by atoms with Gasteiger partial charge in [0.2, 0.25) is 5.89 Å². The van der Waals surface area contributed by atoms with E-state index in [2.05, 4.69) is 20.6 Å². The summed E-state index contributed by atoms with van der Waals surface area (Å²) in [5, 5.41) is 11.8. The highest BCUT2D eigenvalue weighted by atomic mass is 16.5. The normalized spacial score (nSPS) is 12.2. The molecule has 0 aliphatic rings. The van der Waals surface area contributed by atoms with Crippen molar-refractivity contribution in [1.82, 2.24) is 30.2 Å². The van der Waals surface area contributed by atoms with Crippen LogP contribution in [0.1, 0.15) is 40.8 Å². The molecule has 0 saturated heterocycles. The van der Waals surface area contributed by atoms with Gasteiger partial charge in [-0.2, -0.15) is 10.1 Å². The van der Waals surface area contributed by atoms with Crippen molar-refractivity contribution in [3.05, 3.63) is 84.0 Å². The first-order valence-electron chi connectivity index (χ1n) is 10.1. The van der Waals surface area contributed by atoms with E-state index in [-0.39, 0.29) is 5.91 Å². The van der Waals surface area contributed by atoms with Crippen LogP contribution in [0.4, 0.5) is 0 Å². The van der Waals surface area contributed by atoms with Crippen molar-refractivity contribution < 1.29 is 13.7 Å². The minimum absolute atomic E-state index is 0.282. The van der Waals surface area contributed by atoms with Gasteiger partial charge in [-0.15, -0.1) is 0 Å². The second-order valence-corrected chi connectivity index (χ2v) is 7.41. The second kappa shape index (κ2) is 8.10. The van der Waals surface area contributed by atoms with E-state index < -0.39 is 6.04 Å². The van der Waals surface area contributed by atoms with Gasteiger partial charge in [-0.1, -0.05) is 35.5 Å². The van der Waals surface area contributed by atoms with Gasteiger partial charge in [0, 0.05) is 5.56 Å². The number of amides is 1. The van der Waals surface area contributed by atoms with Crippen molar-refractivity contribution >= 4 is 16.9 Å². The van der Waals surface area contributed by atoms with Crippen LogP contribution in [-0.4, -0.2) is 30.8 Å². The van der Waals surface area contributed by atoms with Crippen LogP contribution in [-0.2, 0) is 6.54 Å². The predicted octanol–water partition coefficient (Wildman–Crippen LogP) is 3.92. The van der Waals surface area contributed by atoms with Crippen LogP contribution in [0.15, 0.2) is 69.9 Å². The molecule has 1 unspecified atom stereocenters. The van der Waals surface area contributed by atoms with Gasteiger partial charge in [0.25, 0.3) is 5.91 Å². The van der Waals surface area contributed by atoms with E-state index >= 15 is 0 Å². The first-order chi connectivity index (χ1) is 15.6. The smallest absolute Gasteiger partial charge is 0.252 e. The average Bonchev–Trinajstić information content (AvgIpc) is 3.56. The van der Waals surface area contributed by atoms with E-state index in [4.69, 9.17) is 13.9 Å². The molecular weight excluding hydrogens is 408 g/mol. The maximum Gasteiger partial charge on any atom is 0.252 e. The van der Waals surface area contributed by atoms with Gasteiger partial charge in [-0.3, -0.25) is 4.79 Å². The predicted molar refractivity (Wildman–Crippen MR) is 116 cm³/mol. The number of nitrogens with zero attached hydrogens (tertiary/aromatic N) is 5. The Labute approximate surface area is 183 Å². The number of aryl methyl sites for hydroxylation is 1. The summed E-state index contributed by atoms with van der Waals surface area (Å²) in [7, 11) is 0. The number of benzene rings is 1. The summed E-state index contributed by atoms with van der Waals surface area (Å²) in [5.74, 6) is 1.32. The summed E-state index contributed by atoms with van der Waals surface area (Å²) in [6.45, 7) is 3.93. The molecule has 5 rings (SSSR count). The van der Waals surface area contributed by atoms with Crippen molar-refractivity contribution in [3.63, 3.8) is 0 Å². The van der Waals surface area contributed by atoms with Crippen molar-refractivity contribution in [1.29, 1.82) is 0 Å². The monoisotopic (exact) mass is 428 g/mol. The number of hydrogen-bond donors (Lipinski definition) is 1. The Morgan fingerprint density at radius 2 is 2.00 bits per heavy atom. The van der Waals surface area contributed by atoms with Gasteiger partial charge in [0.15, 0.2) is 11.5 Å². The molecule has 5 aromatic rings. The van der Waals surface area contributed by atoms with Crippen LogP contribution >= 0.6 is 0 Å². The molecule has 1 aromatic carbocycles. The summed E-state index contributed by atoms with van der Waals surface area (Å²) in [6, 6.07) is 14.7. The summed E-state index contributed by atoms with van der Waals surface area (Å²) in [4.78, 5) is 22.3. The molecule has 0 bridgehead atoms.